The molecule has 0 aliphatic rings. The maximum Gasteiger partial charge on any atom is 0.307 e. The first-order valence-electron chi connectivity index (χ1n) is 6.58. The molecule has 0 aromatic carbocycles. The molecule has 0 spiro atoms. The molecule has 1 aromatic heterocycles. The zero-order valence-electron chi connectivity index (χ0n) is 12.0. The van der Waals surface area contributed by atoms with Crippen LogP contribution in [0.1, 0.15) is 32.5 Å². The van der Waals surface area contributed by atoms with Crippen LogP contribution in [0.3, 0.4) is 0 Å². The van der Waals surface area contributed by atoms with Crippen molar-refractivity contribution in [1.29, 1.82) is 0 Å². The Morgan fingerprint density at radius 3 is 2.60 bits per heavy atom. The van der Waals surface area contributed by atoms with Crippen LogP contribution in [0, 0.1) is 12.8 Å². The molecule has 20 heavy (non-hydrogen) atoms. The van der Waals surface area contributed by atoms with Crippen molar-refractivity contribution in [2.75, 3.05) is 6.54 Å². The van der Waals surface area contributed by atoms with Gasteiger partial charge in [0.25, 0.3) is 10.0 Å². The highest BCUT2D eigenvalue weighted by atomic mass is 32.2. The van der Waals surface area contributed by atoms with Crippen LogP contribution in [0.15, 0.2) is 11.2 Å². The van der Waals surface area contributed by atoms with Gasteiger partial charge < -0.3 is 9.67 Å². The van der Waals surface area contributed by atoms with Gasteiger partial charge in [-0.25, -0.2) is 18.1 Å². The summed E-state index contributed by atoms with van der Waals surface area (Å²) in [5.74, 6) is -1.11. The molecule has 0 saturated heterocycles. The summed E-state index contributed by atoms with van der Waals surface area (Å²) < 4.78 is 28.2. The van der Waals surface area contributed by atoms with E-state index in [2.05, 4.69) is 9.71 Å². The number of aliphatic carboxylic acids is 1. The van der Waals surface area contributed by atoms with E-state index in [1.54, 1.807) is 11.5 Å². The molecule has 1 heterocycles. The van der Waals surface area contributed by atoms with E-state index < -0.39 is 21.9 Å². The molecule has 0 aliphatic heterocycles. The van der Waals surface area contributed by atoms with Crippen molar-refractivity contribution in [2.24, 2.45) is 5.92 Å². The van der Waals surface area contributed by atoms with E-state index in [0.29, 0.717) is 25.2 Å². The lowest BCUT2D eigenvalue weighted by Crippen LogP contribution is -2.33. The van der Waals surface area contributed by atoms with Crippen LogP contribution in [-0.4, -0.2) is 35.6 Å². The van der Waals surface area contributed by atoms with Gasteiger partial charge >= 0.3 is 5.97 Å². The monoisotopic (exact) mass is 303 g/mol. The largest absolute Gasteiger partial charge is 0.481 e. The second kappa shape index (κ2) is 6.85. The number of aryl methyl sites for hydroxylation is 2. The third-order valence-electron chi connectivity index (χ3n) is 3.08. The predicted octanol–water partition coefficient (Wildman–Crippen LogP) is 0.991. The summed E-state index contributed by atoms with van der Waals surface area (Å²) >= 11 is 0. The first kappa shape index (κ1) is 16.6. The Morgan fingerprint density at radius 2 is 2.15 bits per heavy atom. The van der Waals surface area contributed by atoms with Gasteiger partial charge in [0.15, 0.2) is 5.03 Å². The highest BCUT2D eigenvalue weighted by molar-refractivity contribution is 7.89. The minimum Gasteiger partial charge on any atom is -0.481 e. The summed E-state index contributed by atoms with van der Waals surface area (Å²) in [5, 5.41) is 8.93. The van der Waals surface area contributed by atoms with Gasteiger partial charge in [-0.2, -0.15) is 0 Å². The Balaban J connectivity index is 2.81. The molecule has 1 rings (SSSR count). The van der Waals surface area contributed by atoms with Crippen molar-refractivity contribution in [3.8, 4) is 0 Å². The number of nitrogens with one attached hydrogen (secondary N) is 1. The Morgan fingerprint density at radius 1 is 1.50 bits per heavy atom. The van der Waals surface area contributed by atoms with E-state index in [1.807, 2.05) is 13.8 Å². The third-order valence-corrected chi connectivity index (χ3v) is 4.37. The molecule has 0 aliphatic carbocycles. The van der Waals surface area contributed by atoms with E-state index in [4.69, 9.17) is 5.11 Å². The number of aromatic nitrogens is 2. The van der Waals surface area contributed by atoms with Crippen LogP contribution in [0.2, 0.25) is 0 Å². The second-order valence-corrected chi connectivity index (χ2v) is 6.30. The standard InChI is InChI=1S/C12H21N3O4S/c1-4-6-10(12(16)17)7-13-20(18,19)11-8-15(5-2)9(3)14-11/h8,10,13H,4-7H2,1-3H3,(H,16,17). The van der Waals surface area contributed by atoms with Crippen molar-refractivity contribution in [1.82, 2.24) is 14.3 Å². The molecule has 1 aromatic rings. The summed E-state index contributed by atoms with van der Waals surface area (Å²) in [5.41, 5.74) is 0. The summed E-state index contributed by atoms with van der Waals surface area (Å²) in [6.45, 7) is 5.97. The van der Waals surface area contributed by atoms with Gasteiger partial charge in [0.2, 0.25) is 0 Å². The van der Waals surface area contributed by atoms with Gasteiger partial charge in [0.1, 0.15) is 5.82 Å². The maximum absolute atomic E-state index is 12.1. The van der Waals surface area contributed by atoms with Crippen molar-refractivity contribution >= 4 is 16.0 Å². The van der Waals surface area contributed by atoms with Crippen LogP contribution >= 0.6 is 0 Å². The van der Waals surface area contributed by atoms with E-state index in [1.165, 1.54) is 6.20 Å². The number of hydrogen-bond acceptors (Lipinski definition) is 4. The van der Waals surface area contributed by atoms with Crippen molar-refractivity contribution in [2.45, 2.75) is 45.2 Å². The topological polar surface area (TPSA) is 101 Å². The molecule has 0 saturated carbocycles. The number of nitrogens with zero attached hydrogens (tertiary/aromatic N) is 2. The van der Waals surface area contributed by atoms with Crippen LogP contribution in [-0.2, 0) is 21.4 Å². The minimum absolute atomic E-state index is 0.0718. The highest BCUT2D eigenvalue weighted by Crippen LogP contribution is 2.11. The Bertz CT molecular complexity index is 565. The zero-order chi connectivity index (χ0) is 15.3. The Labute approximate surface area is 119 Å². The first-order valence-corrected chi connectivity index (χ1v) is 8.06. The first-order chi connectivity index (χ1) is 9.31. The van der Waals surface area contributed by atoms with Gasteiger partial charge in [-0.05, 0) is 20.3 Å². The SMILES string of the molecule is CCCC(CNS(=O)(=O)c1cn(CC)c(C)n1)C(=O)O. The van der Waals surface area contributed by atoms with Crippen LogP contribution < -0.4 is 4.72 Å². The van der Waals surface area contributed by atoms with Crippen LogP contribution in [0.25, 0.3) is 0 Å². The number of imidazole rings is 1. The zero-order valence-corrected chi connectivity index (χ0v) is 12.8. The Hall–Kier alpha value is -1.41. The van der Waals surface area contributed by atoms with Gasteiger partial charge in [-0.3, -0.25) is 4.79 Å². The molecule has 1 atom stereocenters. The molecular weight excluding hydrogens is 282 g/mol. The van der Waals surface area contributed by atoms with Crippen molar-refractivity contribution in [3.63, 3.8) is 0 Å². The lowest BCUT2D eigenvalue weighted by molar-refractivity contribution is -0.141. The molecule has 0 fully saturated rings. The Kier molecular flexibility index (Phi) is 5.70. The van der Waals surface area contributed by atoms with E-state index in [9.17, 15) is 13.2 Å². The minimum atomic E-state index is -3.76. The third kappa shape index (κ3) is 4.04. The number of carboxylic acids is 1. The lowest BCUT2D eigenvalue weighted by Gasteiger charge is -2.11. The molecule has 1 unspecified atom stereocenters. The van der Waals surface area contributed by atoms with Gasteiger partial charge in [0.05, 0.1) is 5.92 Å². The van der Waals surface area contributed by atoms with Gasteiger partial charge in [0, 0.05) is 19.3 Å². The quantitative estimate of drug-likeness (QED) is 0.745. The fourth-order valence-electron chi connectivity index (χ4n) is 1.87. The van der Waals surface area contributed by atoms with Gasteiger partial charge in [-0.1, -0.05) is 13.3 Å². The molecule has 8 heteroatoms. The summed E-state index contributed by atoms with van der Waals surface area (Å²) in [6, 6.07) is 0. The molecule has 114 valence electrons. The molecule has 0 amide bonds. The van der Waals surface area contributed by atoms with Gasteiger partial charge in [-0.15, -0.1) is 0 Å². The van der Waals surface area contributed by atoms with E-state index in [-0.39, 0.29) is 11.6 Å². The van der Waals surface area contributed by atoms with Crippen molar-refractivity contribution < 1.29 is 18.3 Å². The predicted molar refractivity (Wildman–Crippen MR) is 73.9 cm³/mol. The highest BCUT2D eigenvalue weighted by Gasteiger charge is 2.23. The summed E-state index contributed by atoms with van der Waals surface area (Å²) in [6.07, 6.45) is 2.57. The smallest absolute Gasteiger partial charge is 0.307 e. The molecule has 2 N–H and O–H groups in total. The average Bonchev–Trinajstić information content (AvgIpc) is 2.76. The van der Waals surface area contributed by atoms with Crippen LogP contribution in [0.4, 0.5) is 0 Å². The van der Waals surface area contributed by atoms with Crippen LogP contribution in [0.5, 0.6) is 0 Å². The molecule has 0 bridgehead atoms. The maximum atomic E-state index is 12.1. The molecule has 7 nitrogen and oxygen atoms in total. The van der Waals surface area contributed by atoms with Crippen molar-refractivity contribution in [3.05, 3.63) is 12.0 Å². The fraction of sp³-hybridized carbons (Fsp3) is 0.667. The molecular formula is C12H21N3O4S. The normalized spacial score (nSPS) is 13.3. The second-order valence-electron chi connectivity index (χ2n) is 4.59. The number of rotatable bonds is 8. The molecule has 0 radical (unpaired) electrons. The number of carboxylic acid groups (broad SMARTS) is 1. The fourth-order valence-corrected chi connectivity index (χ4v) is 2.96. The van der Waals surface area contributed by atoms with E-state index >= 15 is 0 Å². The summed E-state index contributed by atoms with van der Waals surface area (Å²) in [7, 11) is -3.76. The number of carbonyl (C=O) groups is 1. The number of hydrogen-bond donors (Lipinski definition) is 2. The lowest BCUT2D eigenvalue weighted by atomic mass is 10.1. The summed E-state index contributed by atoms with van der Waals surface area (Å²) in [4.78, 5) is 15.0. The average molecular weight is 303 g/mol. The number of sulfonamides is 1. The van der Waals surface area contributed by atoms with E-state index in [0.717, 1.165) is 0 Å².